The van der Waals surface area contributed by atoms with Crippen molar-refractivity contribution >= 4 is 5.91 Å². The zero-order valence-electron chi connectivity index (χ0n) is 15.0. The maximum atomic E-state index is 11.8. The van der Waals surface area contributed by atoms with Gasteiger partial charge < -0.3 is 14.9 Å². The lowest BCUT2D eigenvalue weighted by molar-refractivity contribution is -0.141. The Morgan fingerprint density at radius 2 is 1.65 bits per heavy atom. The van der Waals surface area contributed by atoms with Crippen LogP contribution >= 0.6 is 0 Å². The fraction of sp³-hybridized carbons (Fsp3) is 0.944. The van der Waals surface area contributed by atoms with Crippen LogP contribution in [0.5, 0.6) is 0 Å². The molecule has 134 valence electrons. The van der Waals surface area contributed by atoms with Gasteiger partial charge in [0, 0.05) is 25.2 Å². The number of carbonyl (C=O) groups is 1. The highest BCUT2D eigenvalue weighted by Gasteiger charge is 2.29. The van der Waals surface area contributed by atoms with Gasteiger partial charge in [0.15, 0.2) is 0 Å². The SMILES string of the molecule is CC(C)N1CCCC1.O=C1CN(CO)CCN1C1CCCCC1. The molecule has 0 spiro atoms. The van der Waals surface area contributed by atoms with Crippen LogP contribution in [0.2, 0.25) is 0 Å². The van der Waals surface area contributed by atoms with E-state index >= 15 is 0 Å². The second-order valence-corrected chi connectivity index (χ2v) is 7.41. The topological polar surface area (TPSA) is 47.0 Å². The maximum absolute atomic E-state index is 11.8. The minimum Gasteiger partial charge on any atom is -0.381 e. The third-order valence-electron chi connectivity index (χ3n) is 5.42. The van der Waals surface area contributed by atoms with Gasteiger partial charge in [0.25, 0.3) is 0 Å². The van der Waals surface area contributed by atoms with E-state index in [9.17, 15) is 4.79 Å². The predicted octanol–water partition coefficient (Wildman–Crippen LogP) is 1.90. The lowest BCUT2D eigenvalue weighted by Crippen LogP contribution is -2.54. The van der Waals surface area contributed by atoms with Crippen LogP contribution < -0.4 is 0 Å². The molecule has 1 amide bonds. The Kier molecular flexibility index (Phi) is 7.80. The van der Waals surface area contributed by atoms with Crippen LogP contribution in [0, 0.1) is 0 Å². The van der Waals surface area contributed by atoms with Gasteiger partial charge in [-0.1, -0.05) is 19.3 Å². The molecule has 0 bridgehead atoms. The Balaban J connectivity index is 0.000000203. The molecule has 3 rings (SSSR count). The molecule has 2 heterocycles. The van der Waals surface area contributed by atoms with Crippen molar-refractivity contribution in [1.82, 2.24) is 14.7 Å². The summed E-state index contributed by atoms with van der Waals surface area (Å²) in [6.07, 6.45) is 9.02. The van der Waals surface area contributed by atoms with Crippen LogP contribution in [0.1, 0.15) is 58.8 Å². The summed E-state index contributed by atoms with van der Waals surface area (Å²) in [5.74, 6) is 0.196. The lowest BCUT2D eigenvalue weighted by Gasteiger charge is -2.40. The zero-order valence-corrected chi connectivity index (χ0v) is 15.0. The van der Waals surface area contributed by atoms with Crippen LogP contribution in [0.15, 0.2) is 0 Å². The Morgan fingerprint density at radius 1 is 1.00 bits per heavy atom. The highest BCUT2D eigenvalue weighted by molar-refractivity contribution is 5.79. The van der Waals surface area contributed by atoms with Crippen LogP contribution in [0.25, 0.3) is 0 Å². The molecular formula is C18H35N3O2. The average Bonchev–Trinajstić information content (AvgIpc) is 3.11. The number of aliphatic hydroxyl groups excluding tert-OH is 1. The van der Waals surface area contributed by atoms with E-state index in [1.807, 2.05) is 4.90 Å². The lowest BCUT2D eigenvalue weighted by atomic mass is 9.93. The van der Waals surface area contributed by atoms with Crippen molar-refractivity contribution in [2.24, 2.45) is 0 Å². The molecule has 5 heteroatoms. The van der Waals surface area contributed by atoms with Gasteiger partial charge in [-0.25, -0.2) is 0 Å². The standard InChI is InChI=1S/C11H20N2O2.C7H15N/c14-9-12-6-7-13(11(15)8-12)10-4-2-1-3-5-10;1-7(2)8-5-3-4-6-8/h10,14H,1-9H2;7H,3-6H2,1-2H3. The number of carbonyl (C=O) groups excluding carboxylic acids is 1. The van der Waals surface area contributed by atoms with Crippen LogP contribution in [0.4, 0.5) is 0 Å². The second kappa shape index (κ2) is 9.60. The van der Waals surface area contributed by atoms with Gasteiger partial charge in [0.2, 0.25) is 5.91 Å². The monoisotopic (exact) mass is 325 g/mol. The Labute approximate surface area is 141 Å². The molecule has 3 aliphatic rings. The quantitative estimate of drug-likeness (QED) is 0.861. The highest BCUT2D eigenvalue weighted by atomic mass is 16.3. The maximum Gasteiger partial charge on any atom is 0.237 e. The van der Waals surface area contributed by atoms with Crippen LogP contribution in [0.3, 0.4) is 0 Å². The molecule has 0 atom stereocenters. The molecule has 2 aliphatic heterocycles. The van der Waals surface area contributed by atoms with Gasteiger partial charge in [-0.2, -0.15) is 0 Å². The number of rotatable bonds is 3. The number of nitrogens with zero attached hydrogens (tertiary/aromatic N) is 3. The van der Waals surface area contributed by atoms with Gasteiger partial charge in [0.1, 0.15) is 0 Å². The van der Waals surface area contributed by atoms with E-state index in [1.165, 1.54) is 58.0 Å². The first-order chi connectivity index (χ1) is 11.1. The number of aliphatic hydroxyl groups is 1. The second-order valence-electron chi connectivity index (χ2n) is 7.41. The number of likely N-dealkylation sites (tertiary alicyclic amines) is 1. The van der Waals surface area contributed by atoms with E-state index in [0.717, 1.165) is 19.1 Å². The molecule has 0 aromatic rings. The molecular weight excluding hydrogens is 290 g/mol. The minimum atomic E-state index is 0.00421. The fourth-order valence-corrected chi connectivity index (χ4v) is 3.89. The number of hydrogen-bond acceptors (Lipinski definition) is 4. The van der Waals surface area contributed by atoms with Crippen molar-refractivity contribution in [3.8, 4) is 0 Å². The summed E-state index contributed by atoms with van der Waals surface area (Å²) in [6.45, 7) is 9.21. The van der Waals surface area contributed by atoms with E-state index < -0.39 is 0 Å². The Hall–Kier alpha value is -0.650. The summed E-state index contributed by atoms with van der Waals surface area (Å²) in [7, 11) is 0. The van der Waals surface area contributed by atoms with Gasteiger partial charge in [-0.05, 0) is 52.6 Å². The number of amides is 1. The summed E-state index contributed by atoms with van der Waals surface area (Å²) >= 11 is 0. The van der Waals surface area contributed by atoms with Crippen LogP contribution in [-0.4, -0.2) is 77.3 Å². The van der Waals surface area contributed by atoms with Gasteiger partial charge >= 0.3 is 0 Å². The normalized spacial score (nSPS) is 24.9. The van der Waals surface area contributed by atoms with Crippen molar-refractivity contribution in [2.45, 2.75) is 70.9 Å². The number of hydrogen-bond donors (Lipinski definition) is 1. The molecule has 1 saturated carbocycles. The van der Waals surface area contributed by atoms with E-state index in [0.29, 0.717) is 12.6 Å². The molecule has 5 nitrogen and oxygen atoms in total. The molecule has 0 radical (unpaired) electrons. The molecule has 23 heavy (non-hydrogen) atoms. The third kappa shape index (κ3) is 5.73. The first kappa shape index (κ1) is 18.7. The smallest absolute Gasteiger partial charge is 0.237 e. The number of piperazine rings is 1. The zero-order chi connectivity index (χ0) is 16.7. The molecule has 3 fully saturated rings. The van der Waals surface area contributed by atoms with Gasteiger partial charge in [-0.3, -0.25) is 9.69 Å². The van der Waals surface area contributed by atoms with Crippen molar-refractivity contribution in [3.63, 3.8) is 0 Å². The Bertz CT molecular complexity index is 350. The molecule has 0 aromatic heterocycles. The minimum absolute atomic E-state index is 0.00421. The summed E-state index contributed by atoms with van der Waals surface area (Å²) in [4.78, 5) is 18.2. The van der Waals surface area contributed by atoms with Crippen molar-refractivity contribution in [1.29, 1.82) is 0 Å². The van der Waals surface area contributed by atoms with E-state index in [2.05, 4.69) is 18.7 Å². The summed E-state index contributed by atoms with van der Waals surface area (Å²) in [5.41, 5.74) is 0. The first-order valence-corrected chi connectivity index (χ1v) is 9.48. The van der Waals surface area contributed by atoms with E-state index in [1.54, 1.807) is 4.90 Å². The predicted molar refractivity (Wildman–Crippen MR) is 93.2 cm³/mol. The fourth-order valence-electron chi connectivity index (χ4n) is 3.89. The van der Waals surface area contributed by atoms with Gasteiger partial charge in [-0.15, -0.1) is 0 Å². The summed E-state index contributed by atoms with van der Waals surface area (Å²) in [6, 6.07) is 1.25. The van der Waals surface area contributed by atoms with E-state index in [-0.39, 0.29) is 12.6 Å². The average molecular weight is 325 g/mol. The van der Waals surface area contributed by atoms with Crippen molar-refractivity contribution in [3.05, 3.63) is 0 Å². The molecule has 0 unspecified atom stereocenters. The molecule has 1 N–H and O–H groups in total. The summed E-state index contributed by atoms with van der Waals surface area (Å²) < 4.78 is 0. The molecule has 1 aliphatic carbocycles. The third-order valence-corrected chi connectivity index (χ3v) is 5.42. The van der Waals surface area contributed by atoms with E-state index in [4.69, 9.17) is 5.11 Å². The first-order valence-electron chi connectivity index (χ1n) is 9.48. The largest absolute Gasteiger partial charge is 0.381 e. The van der Waals surface area contributed by atoms with Crippen molar-refractivity contribution < 1.29 is 9.90 Å². The van der Waals surface area contributed by atoms with Crippen LogP contribution in [-0.2, 0) is 4.79 Å². The highest BCUT2D eigenvalue weighted by Crippen LogP contribution is 2.23. The van der Waals surface area contributed by atoms with Crippen molar-refractivity contribution in [2.75, 3.05) is 39.5 Å². The summed E-state index contributed by atoms with van der Waals surface area (Å²) in [5, 5.41) is 8.96. The molecule has 0 aromatic carbocycles. The Morgan fingerprint density at radius 3 is 2.13 bits per heavy atom. The molecule has 2 saturated heterocycles. The van der Waals surface area contributed by atoms with Gasteiger partial charge in [0.05, 0.1) is 13.3 Å².